The molecule has 2 N–H and O–H groups in total. The van der Waals surface area contributed by atoms with Gasteiger partial charge in [-0.2, -0.15) is 5.10 Å². The van der Waals surface area contributed by atoms with Crippen molar-refractivity contribution in [1.29, 1.82) is 0 Å². The molecule has 0 spiro atoms. The summed E-state index contributed by atoms with van der Waals surface area (Å²) in [5.74, 6) is -0.0323. The van der Waals surface area contributed by atoms with E-state index in [9.17, 15) is 9.59 Å². The lowest BCUT2D eigenvalue weighted by Gasteiger charge is -2.12. The first kappa shape index (κ1) is 19.9. The maximum absolute atomic E-state index is 12.5. The summed E-state index contributed by atoms with van der Waals surface area (Å²) < 4.78 is 1.62. The van der Waals surface area contributed by atoms with Crippen molar-refractivity contribution in [2.75, 3.05) is 11.1 Å². The van der Waals surface area contributed by atoms with Crippen LogP contribution >= 0.6 is 11.8 Å². The Morgan fingerprint density at radius 3 is 2.53 bits per heavy atom. The van der Waals surface area contributed by atoms with Crippen LogP contribution in [-0.2, 0) is 4.79 Å². The SMILES string of the molecule is Cc1cc(C)c(NC(=O)CSc2nc3c(cnn3-c3ccccc3)c(=O)[nH]2)c(C)c1. The van der Waals surface area contributed by atoms with Crippen LogP contribution in [0.2, 0.25) is 0 Å². The Morgan fingerprint density at radius 2 is 1.83 bits per heavy atom. The van der Waals surface area contributed by atoms with Crippen LogP contribution in [0.15, 0.2) is 58.6 Å². The number of fused-ring (bicyclic) bond motifs is 1. The Labute approximate surface area is 177 Å². The molecule has 0 unspecified atom stereocenters. The molecule has 152 valence electrons. The average molecular weight is 420 g/mol. The molecule has 0 saturated heterocycles. The molecule has 4 aromatic rings. The largest absolute Gasteiger partial charge is 0.325 e. The molecule has 1 amide bonds. The van der Waals surface area contributed by atoms with E-state index in [1.807, 2.05) is 63.2 Å². The lowest BCUT2D eigenvalue weighted by molar-refractivity contribution is -0.113. The molecule has 30 heavy (non-hydrogen) atoms. The molecule has 2 aromatic carbocycles. The summed E-state index contributed by atoms with van der Waals surface area (Å²) in [6.45, 7) is 5.97. The van der Waals surface area contributed by atoms with E-state index in [-0.39, 0.29) is 17.2 Å². The van der Waals surface area contributed by atoms with Gasteiger partial charge in [0, 0.05) is 5.69 Å². The summed E-state index contributed by atoms with van der Waals surface area (Å²) in [6.07, 6.45) is 1.50. The van der Waals surface area contributed by atoms with Crippen LogP contribution in [0, 0.1) is 20.8 Å². The van der Waals surface area contributed by atoms with Gasteiger partial charge >= 0.3 is 0 Å². The second-order valence-electron chi connectivity index (χ2n) is 7.11. The molecule has 0 saturated carbocycles. The summed E-state index contributed by atoms with van der Waals surface area (Å²) in [5, 5.41) is 8.03. The molecule has 0 radical (unpaired) electrons. The van der Waals surface area contributed by atoms with Crippen LogP contribution in [0.5, 0.6) is 0 Å². The van der Waals surface area contributed by atoms with Crippen molar-refractivity contribution >= 4 is 34.4 Å². The molecule has 0 aliphatic heterocycles. The van der Waals surface area contributed by atoms with Gasteiger partial charge in [0.25, 0.3) is 5.56 Å². The van der Waals surface area contributed by atoms with E-state index in [0.717, 1.165) is 28.1 Å². The summed E-state index contributed by atoms with van der Waals surface area (Å²) in [7, 11) is 0. The number of nitrogens with one attached hydrogen (secondary N) is 2. The van der Waals surface area contributed by atoms with Crippen molar-refractivity contribution < 1.29 is 4.79 Å². The van der Waals surface area contributed by atoms with Gasteiger partial charge in [0.1, 0.15) is 5.39 Å². The highest BCUT2D eigenvalue weighted by Gasteiger charge is 2.14. The maximum Gasteiger partial charge on any atom is 0.262 e. The van der Waals surface area contributed by atoms with Crippen molar-refractivity contribution in [3.63, 3.8) is 0 Å². The molecular weight excluding hydrogens is 398 g/mol. The third-order valence-electron chi connectivity index (χ3n) is 4.70. The number of aromatic amines is 1. The fourth-order valence-corrected chi connectivity index (χ4v) is 4.07. The quantitative estimate of drug-likeness (QED) is 0.379. The van der Waals surface area contributed by atoms with Crippen molar-refractivity contribution in [3.8, 4) is 5.69 Å². The van der Waals surface area contributed by atoms with E-state index >= 15 is 0 Å². The zero-order chi connectivity index (χ0) is 21.3. The maximum atomic E-state index is 12.5. The normalized spacial score (nSPS) is 11.0. The number of H-pyrrole nitrogens is 1. The number of anilines is 1. The number of aryl methyl sites for hydroxylation is 3. The number of rotatable bonds is 5. The Balaban J connectivity index is 1.55. The Hall–Kier alpha value is -3.39. The number of carbonyl (C=O) groups excluding carboxylic acids is 1. The van der Waals surface area contributed by atoms with E-state index < -0.39 is 0 Å². The predicted octanol–water partition coefficient (Wildman–Crippen LogP) is 3.76. The standard InChI is InChI=1S/C22H21N5O2S/c1-13-9-14(2)19(15(3)10-13)24-18(28)12-30-22-25-20-17(21(29)26-22)11-23-27(20)16-7-5-4-6-8-16/h4-11H,12H2,1-3H3,(H,24,28)(H,25,26,29). The van der Waals surface area contributed by atoms with Gasteiger partial charge in [-0.1, -0.05) is 47.7 Å². The lowest BCUT2D eigenvalue weighted by Crippen LogP contribution is -2.17. The van der Waals surface area contributed by atoms with Crippen molar-refractivity contribution in [1.82, 2.24) is 19.7 Å². The Morgan fingerprint density at radius 1 is 1.13 bits per heavy atom. The van der Waals surface area contributed by atoms with Crippen LogP contribution in [0.3, 0.4) is 0 Å². The van der Waals surface area contributed by atoms with Crippen LogP contribution in [0.25, 0.3) is 16.7 Å². The number of carbonyl (C=O) groups is 1. The summed E-state index contributed by atoms with van der Waals surface area (Å²) >= 11 is 1.18. The van der Waals surface area contributed by atoms with Crippen LogP contribution in [0.1, 0.15) is 16.7 Å². The summed E-state index contributed by atoms with van der Waals surface area (Å²) in [6, 6.07) is 13.5. The molecular formula is C22H21N5O2S. The van der Waals surface area contributed by atoms with Crippen LogP contribution in [0.4, 0.5) is 5.69 Å². The molecule has 2 heterocycles. The molecule has 0 atom stereocenters. The fourth-order valence-electron chi connectivity index (χ4n) is 3.41. The molecule has 0 bridgehead atoms. The van der Waals surface area contributed by atoms with Gasteiger partial charge < -0.3 is 10.3 Å². The van der Waals surface area contributed by atoms with E-state index in [0.29, 0.717) is 16.2 Å². The van der Waals surface area contributed by atoms with E-state index in [1.54, 1.807) is 4.68 Å². The highest BCUT2D eigenvalue weighted by Crippen LogP contribution is 2.23. The van der Waals surface area contributed by atoms with E-state index in [4.69, 9.17) is 0 Å². The first-order valence-corrected chi connectivity index (χ1v) is 10.4. The number of para-hydroxylation sites is 1. The zero-order valence-corrected chi connectivity index (χ0v) is 17.7. The third-order valence-corrected chi connectivity index (χ3v) is 5.57. The number of thioether (sulfide) groups is 1. The van der Waals surface area contributed by atoms with Gasteiger partial charge in [0.15, 0.2) is 10.8 Å². The Kier molecular flexibility index (Phi) is 5.41. The minimum Gasteiger partial charge on any atom is -0.325 e. The molecule has 4 rings (SSSR count). The first-order chi connectivity index (χ1) is 14.4. The number of amides is 1. The van der Waals surface area contributed by atoms with Gasteiger partial charge in [-0.05, 0) is 44.0 Å². The minimum absolute atomic E-state index is 0.126. The number of nitrogens with zero attached hydrogens (tertiary/aromatic N) is 3. The van der Waals surface area contributed by atoms with Gasteiger partial charge in [0.05, 0.1) is 17.6 Å². The van der Waals surface area contributed by atoms with Crippen LogP contribution in [-0.4, -0.2) is 31.4 Å². The highest BCUT2D eigenvalue weighted by molar-refractivity contribution is 7.99. The minimum atomic E-state index is -0.282. The average Bonchev–Trinajstić information content (AvgIpc) is 3.14. The third kappa shape index (κ3) is 3.99. The van der Waals surface area contributed by atoms with Gasteiger partial charge in [0.2, 0.25) is 5.91 Å². The highest BCUT2D eigenvalue weighted by atomic mass is 32.2. The van der Waals surface area contributed by atoms with Crippen molar-refractivity contribution in [2.45, 2.75) is 25.9 Å². The smallest absolute Gasteiger partial charge is 0.262 e. The molecule has 0 aliphatic rings. The fraction of sp³-hybridized carbons (Fsp3) is 0.182. The molecule has 0 aliphatic carbocycles. The Bertz CT molecular complexity index is 1270. The predicted molar refractivity (Wildman–Crippen MR) is 119 cm³/mol. The first-order valence-electron chi connectivity index (χ1n) is 9.46. The number of aromatic nitrogens is 4. The number of benzene rings is 2. The van der Waals surface area contributed by atoms with Gasteiger partial charge in [-0.25, -0.2) is 9.67 Å². The topological polar surface area (TPSA) is 92.7 Å². The molecule has 8 heteroatoms. The lowest BCUT2D eigenvalue weighted by atomic mass is 10.1. The summed E-state index contributed by atoms with van der Waals surface area (Å²) in [5.41, 5.74) is 5.00. The van der Waals surface area contributed by atoms with E-state index in [1.165, 1.54) is 18.0 Å². The van der Waals surface area contributed by atoms with E-state index in [2.05, 4.69) is 20.4 Å². The van der Waals surface area contributed by atoms with Crippen molar-refractivity contribution in [3.05, 3.63) is 75.7 Å². The van der Waals surface area contributed by atoms with Crippen molar-refractivity contribution in [2.24, 2.45) is 0 Å². The zero-order valence-electron chi connectivity index (χ0n) is 16.9. The van der Waals surface area contributed by atoms with Gasteiger partial charge in [-0.15, -0.1) is 0 Å². The second kappa shape index (κ2) is 8.16. The number of hydrogen-bond acceptors (Lipinski definition) is 5. The molecule has 0 fully saturated rings. The second-order valence-corrected chi connectivity index (χ2v) is 8.07. The summed E-state index contributed by atoms with van der Waals surface area (Å²) in [4.78, 5) is 32.2. The van der Waals surface area contributed by atoms with Crippen LogP contribution < -0.4 is 10.9 Å². The monoisotopic (exact) mass is 419 g/mol. The molecule has 2 aromatic heterocycles. The van der Waals surface area contributed by atoms with Gasteiger partial charge in [-0.3, -0.25) is 9.59 Å². The molecule has 7 nitrogen and oxygen atoms in total. The number of hydrogen-bond donors (Lipinski definition) is 2.